The summed E-state index contributed by atoms with van der Waals surface area (Å²) >= 11 is 0. The zero-order valence-electron chi connectivity index (χ0n) is 13.8. The van der Waals surface area contributed by atoms with Crippen molar-refractivity contribution in [1.82, 2.24) is 25.1 Å². The predicted molar refractivity (Wildman–Crippen MR) is 88.5 cm³/mol. The second-order valence-corrected chi connectivity index (χ2v) is 6.28. The van der Waals surface area contributed by atoms with Crippen molar-refractivity contribution in [2.24, 2.45) is 0 Å². The normalized spacial score (nSPS) is 14.5. The molecule has 1 aliphatic rings. The number of H-pyrrole nitrogens is 1. The molecule has 1 aromatic carbocycles. The third-order valence-electron chi connectivity index (χ3n) is 4.40. The maximum Gasteiger partial charge on any atom is 0.126 e. The number of hydrogen-bond donors (Lipinski definition) is 1. The van der Waals surface area contributed by atoms with Crippen LogP contribution in [0.1, 0.15) is 22.6 Å². The number of nitrogens with zero attached hydrogens (tertiary/aromatic N) is 4. The second kappa shape index (κ2) is 6.33. The van der Waals surface area contributed by atoms with Gasteiger partial charge in [-0.25, -0.2) is 18.7 Å². The van der Waals surface area contributed by atoms with Crippen molar-refractivity contribution in [2.45, 2.75) is 26.4 Å². The fourth-order valence-corrected chi connectivity index (χ4v) is 3.23. The summed E-state index contributed by atoms with van der Waals surface area (Å²) in [6, 6.07) is 3.48. The summed E-state index contributed by atoms with van der Waals surface area (Å²) in [5, 5.41) is 6.92. The molecule has 1 N–H and O–H groups in total. The third-order valence-corrected chi connectivity index (χ3v) is 4.40. The third kappa shape index (κ3) is 3.28. The Hall–Kier alpha value is -2.67. The van der Waals surface area contributed by atoms with Crippen molar-refractivity contribution >= 4 is 0 Å². The number of aryl methyl sites for hydroxylation is 1. The van der Waals surface area contributed by atoms with Gasteiger partial charge in [0.2, 0.25) is 0 Å². The van der Waals surface area contributed by atoms with E-state index in [9.17, 15) is 8.78 Å². The zero-order chi connectivity index (χ0) is 17.4. The number of rotatable bonds is 3. The van der Waals surface area contributed by atoms with Gasteiger partial charge in [-0.1, -0.05) is 0 Å². The number of aromatic amines is 1. The van der Waals surface area contributed by atoms with E-state index >= 15 is 0 Å². The summed E-state index contributed by atoms with van der Waals surface area (Å²) in [5.74, 6) is -0.414. The molecule has 1 aliphatic heterocycles. The van der Waals surface area contributed by atoms with E-state index in [1.807, 2.05) is 13.1 Å². The highest BCUT2D eigenvalue weighted by molar-refractivity contribution is 5.62. The minimum absolute atomic E-state index is 0.460. The number of nitrogens with one attached hydrogen (secondary N) is 1. The number of benzene rings is 1. The quantitative estimate of drug-likeness (QED) is 0.796. The number of fused-ring (bicyclic) bond motifs is 1. The Bertz CT molecular complexity index is 901. The van der Waals surface area contributed by atoms with Crippen LogP contribution in [0.5, 0.6) is 0 Å². The van der Waals surface area contributed by atoms with Gasteiger partial charge >= 0.3 is 0 Å². The lowest BCUT2D eigenvalue weighted by atomic mass is 10.0. The molecule has 0 saturated heterocycles. The van der Waals surface area contributed by atoms with E-state index in [0.717, 1.165) is 48.2 Å². The van der Waals surface area contributed by atoms with Gasteiger partial charge in [-0.15, -0.1) is 0 Å². The fraction of sp³-hybridized carbons (Fsp3) is 0.278. The van der Waals surface area contributed by atoms with Gasteiger partial charge in [0, 0.05) is 60.7 Å². The van der Waals surface area contributed by atoms with Crippen LogP contribution < -0.4 is 0 Å². The molecular formula is C18H17F2N5. The van der Waals surface area contributed by atoms with Gasteiger partial charge in [0.05, 0.1) is 11.9 Å². The van der Waals surface area contributed by atoms with E-state index in [4.69, 9.17) is 0 Å². The van der Waals surface area contributed by atoms with E-state index in [1.165, 1.54) is 12.1 Å². The molecule has 0 fully saturated rings. The molecule has 25 heavy (non-hydrogen) atoms. The van der Waals surface area contributed by atoms with Crippen LogP contribution in [0.15, 0.2) is 30.6 Å². The molecule has 0 saturated carbocycles. The first-order valence-corrected chi connectivity index (χ1v) is 8.11. The Morgan fingerprint density at radius 1 is 1.16 bits per heavy atom. The van der Waals surface area contributed by atoms with Crippen LogP contribution in [0.25, 0.3) is 11.3 Å². The lowest BCUT2D eigenvalue weighted by Gasteiger charge is -2.27. The number of hydrogen-bond acceptors (Lipinski definition) is 4. The van der Waals surface area contributed by atoms with E-state index in [2.05, 4.69) is 25.1 Å². The van der Waals surface area contributed by atoms with Gasteiger partial charge in [-0.2, -0.15) is 5.10 Å². The first-order chi connectivity index (χ1) is 12.1. The van der Waals surface area contributed by atoms with Gasteiger partial charge in [-0.05, 0) is 19.1 Å². The molecule has 2 aromatic heterocycles. The van der Waals surface area contributed by atoms with Crippen molar-refractivity contribution in [3.05, 3.63) is 64.9 Å². The van der Waals surface area contributed by atoms with Gasteiger partial charge < -0.3 is 0 Å². The topological polar surface area (TPSA) is 57.7 Å². The SMILES string of the molecule is Cc1ncc2c(n1)CCN(Cc1cn[nH]c1-c1cc(F)cc(F)c1)C2. The van der Waals surface area contributed by atoms with Crippen molar-refractivity contribution in [2.75, 3.05) is 6.54 Å². The van der Waals surface area contributed by atoms with Crippen molar-refractivity contribution in [1.29, 1.82) is 0 Å². The number of aromatic nitrogens is 4. The summed E-state index contributed by atoms with van der Waals surface area (Å²) in [7, 11) is 0. The van der Waals surface area contributed by atoms with E-state index in [0.29, 0.717) is 17.8 Å². The molecule has 3 aromatic rings. The first-order valence-electron chi connectivity index (χ1n) is 8.11. The van der Waals surface area contributed by atoms with Crippen LogP contribution in [0.2, 0.25) is 0 Å². The molecule has 0 aliphatic carbocycles. The minimum Gasteiger partial charge on any atom is -0.294 e. The maximum absolute atomic E-state index is 13.5. The Labute approximate surface area is 143 Å². The van der Waals surface area contributed by atoms with Gasteiger partial charge in [0.1, 0.15) is 17.5 Å². The standard InChI is InChI=1S/C18H17F2N5/c1-11-21-7-13-9-25(3-2-17(13)23-11)10-14-8-22-24-18(14)12-4-15(19)6-16(20)5-12/h4-8H,2-3,9-10H2,1H3,(H,22,24). The van der Waals surface area contributed by atoms with Crippen LogP contribution in [-0.2, 0) is 19.5 Å². The summed E-state index contributed by atoms with van der Waals surface area (Å²) in [6.07, 6.45) is 4.45. The summed E-state index contributed by atoms with van der Waals surface area (Å²) in [6.45, 7) is 4.14. The first kappa shape index (κ1) is 15.8. The Morgan fingerprint density at radius 2 is 1.96 bits per heavy atom. The molecule has 0 amide bonds. The Morgan fingerprint density at radius 3 is 2.76 bits per heavy atom. The van der Waals surface area contributed by atoms with E-state index in [1.54, 1.807) is 6.20 Å². The average molecular weight is 341 g/mol. The maximum atomic E-state index is 13.5. The minimum atomic E-state index is -0.602. The lowest BCUT2D eigenvalue weighted by Crippen LogP contribution is -2.31. The zero-order valence-corrected chi connectivity index (χ0v) is 13.8. The highest BCUT2D eigenvalue weighted by Gasteiger charge is 2.20. The largest absolute Gasteiger partial charge is 0.294 e. The van der Waals surface area contributed by atoms with E-state index in [-0.39, 0.29) is 0 Å². The molecule has 4 rings (SSSR count). The lowest BCUT2D eigenvalue weighted by molar-refractivity contribution is 0.243. The molecule has 5 nitrogen and oxygen atoms in total. The molecule has 0 radical (unpaired) electrons. The summed E-state index contributed by atoms with van der Waals surface area (Å²) < 4.78 is 27.0. The molecule has 0 unspecified atom stereocenters. The molecule has 0 atom stereocenters. The highest BCUT2D eigenvalue weighted by Crippen LogP contribution is 2.26. The van der Waals surface area contributed by atoms with Crippen molar-refractivity contribution in [3.63, 3.8) is 0 Å². The van der Waals surface area contributed by atoms with Gasteiger partial charge in [-0.3, -0.25) is 10.00 Å². The van der Waals surface area contributed by atoms with Crippen LogP contribution in [0, 0.1) is 18.6 Å². The average Bonchev–Trinajstić information content (AvgIpc) is 3.02. The predicted octanol–water partition coefficient (Wildman–Crippen LogP) is 3.01. The van der Waals surface area contributed by atoms with Crippen LogP contribution in [0.3, 0.4) is 0 Å². The van der Waals surface area contributed by atoms with Crippen molar-refractivity contribution < 1.29 is 8.78 Å². The van der Waals surface area contributed by atoms with Gasteiger partial charge in [0.25, 0.3) is 0 Å². The summed E-state index contributed by atoms with van der Waals surface area (Å²) in [5.41, 5.74) is 4.23. The van der Waals surface area contributed by atoms with Crippen molar-refractivity contribution in [3.8, 4) is 11.3 Å². The van der Waals surface area contributed by atoms with E-state index < -0.39 is 11.6 Å². The molecular weight excluding hydrogens is 324 g/mol. The monoisotopic (exact) mass is 341 g/mol. The summed E-state index contributed by atoms with van der Waals surface area (Å²) in [4.78, 5) is 11.0. The second-order valence-electron chi connectivity index (χ2n) is 6.28. The smallest absolute Gasteiger partial charge is 0.126 e. The molecule has 128 valence electrons. The molecule has 7 heteroatoms. The number of halogens is 2. The van der Waals surface area contributed by atoms with Crippen LogP contribution >= 0.6 is 0 Å². The highest BCUT2D eigenvalue weighted by atomic mass is 19.1. The van der Waals surface area contributed by atoms with Crippen LogP contribution in [-0.4, -0.2) is 31.6 Å². The Kier molecular flexibility index (Phi) is 4.01. The molecule has 3 heterocycles. The fourth-order valence-electron chi connectivity index (χ4n) is 3.23. The molecule has 0 spiro atoms. The van der Waals surface area contributed by atoms with Gasteiger partial charge in [0.15, 0.2) is 0 Å². The molecule has 0 bridgehead atoms. The van der Waals surface area contributed by atoms with Crippen LogP contribution in [0.4, 0.5) is 8.78 Å². The Balaban J connectivity index is 1.57.